The first-order valence-electron chi connectivity index (χ1n) is 11.7. The predicted molar refractivity (Wildman–Crippen MR) is 128 cm³/mol. The number of unbranched alkanes of at least 4 members (excludes halogenated alkanes) is 1. The van der Waals surface area contributed by atoms with Gasteiger partial charge < -0.3 is 5.32 Å². The summed E-state index contributed by atoms with van der Waals surface area (Å²) in [7, 11) is 0. The molecule has 180 valence electrons. The lowest BCUT2D eigenvalue weighted by Gasteiger charge is -2.31. The van der Waals surface area contributed by atoms with Crippen molar-refractivity contribution in [3.63, 3.8) is 0 Å². The Balaban J connectivity index is 1.61. The highest BCUT2D eigenvalue weighted by Gasteiger charge is 2.31. The van der Waals surface area contributed by atoms with E-state index in [1.54, 1.807) is 9.25 Å². The molecule has 4 aromatic rings. The van der Waals surface area contributed by atoms with Gasteiger partial charge >= 0.3 is 5.69 Å². The maximum Gasteiger partial charge on any atom is 0.335 e. The molecule has 3 aromatic heterocycles. The lowest BCUT2D eigenvalue weighted by atomic mass is 9.78. The smallest absolute Gasteiger partial charge is 0.335 e. The topological polar surface area (TPSA) is 137 Å². The van der Waals surface area contributed by atoms with Crippen LogP contribution in [0.3, 0.4) is 0 Å². The van der Waals surface area contributed by atoms with Gasteiger partial charge in [-0.25, -0.2) is 19.1 Å². The fourth-order valence-electron chi connectivity index (χ4n) is 4.37. The minimum atomic E-state index is -0.567. The molecule has 1 aliphatic rings. The Morgan fingerprint density at radius 2 is 1.94 bits per heavy atom. The summed E-state index contributed by atoms with van der Waals surface area (Å²) in [5.41, 5.74) is 2.08. The summed E-state index contributed by atoms with van der Waals surface area (Å²) in [5, 5.41) is 29.2. The van der Waals surface area contributed by atoms with Crippen LogP contribution in [0.15, 0.2) is 59.8 Å². The molecule has 0 fully saturated rings. The quantitative estimate of drug-likeness (QED) is 0.375. The van der Waals surface area contributed by atoms with Crippen molar-refractivity contribution in [3.05, 3.63) is 76.8 Å². The summed E-state index contributed by atoms with van der Waals surface area (Å²) in [4.78, 5) is 13.7. The summed E-state index contributed by atoms with van der Waals surface area (Å²) in [5.74, 6) is 1.00. The predicted octanol–water partition coefficient (Wildman–Crippen LogP) is 1.74. The molecule has 12 nitrogen and oxygen atoms in total. The molecule has 0 spiro atoms. The van der Waals surface area contributed by atoms with E-state index in [-0.39, 0.29) is 5.69 Å². The van der Waals surface area contributed by atoms with Gasteiger partial charge in [0, 0.05) is 30.5 Å². The number of tetrazole rings is 2. The number of rotatable bonds is 9. The van der Waals surface area contributed by atoms with Crippen LogP contribution in [0.2, 0.25) is 0 Å². The number of aryl methyl sites for hydroxylation is 2. The third-order valence-corrected chi connectivity index (χ3v) is 6.27. The van der Waals surface area contributed by atoms with Gasteiger partial charge in [-0.1, -0.05) is 48.8 Å². The van der Waals surface area contributed by atoms with Crippen LogP contribution in [-0.2, 0) is 24.9 Å². The molecule has 0 amide bonds. The number of allylic oxidation sites excluding steroid dienone is 2. The molecule has 35 heavy (non-hydrogen) atoms. The fourth-order valence-corrected chi connectivity index (χ4v) is 4.37. The molecule has 0 unspecified atom stereocenters. The maximum atomic E-state index is 13.7. The van der Waals surface area contributed by atoms with Gasteiger partial charge in [-0.05, 0) is 64.6 Å². The molecule has 5 rings (SSSR count). The number of imidazole rings is 1. The largest absolute Gasteiger partial charge is 0.368 e. The van der Waals surface area contributed by atoms with Crippen molar-refractivity contribution in [2.24, 2.45) is 0 Å². The first kappa shape index (κ1) is 22.4. The summed E-state index contributed by atoms with van der Waals surface area (Å²) in [6.45, 7) is 5.06. The Bertz CT molecular complexity index is 1400. The van der Waals surface area contributed by atoms with Gasteiger partial charge in [0.1, 0.15) is 0 Å². The van der Waals surface area contributed by atoms with E-state index in [4.69, 9.17) is 0 Å². The Hall–Kier alpha value is -4.35. The monoisotopic (exact) mass is 473 g/mol. The Morgan fingerprint density at radius 3 is 2.69 bits per heavy atom. The molecule has 0 atom stereocenters. The van der Waals surface area contributed by atoms with E-state index in [2.05, 4.69) is 66.6 Å². The van der Waals surface area contributed by atoms with E-state index < -0.39 is 5.41 Å². The zero-order valence-corrected chi connectivity index (χ0v) is 19.7. The van der Waals surface area contributed by atoms with Crippen molar-refractivity contribution in [3.8, 4) is 17.3 Å². The van der Waals surface area contributed by atoms with Gasteiger partial charge in [0.15, 0.2) is 5.82 Å². The normalized spacial score (nSPS) is 14.3. The van der Waals surface area contributed by atoms with E-state index in [1.807, 2.05) is 48.3 Å². The van der Waals surface area contributed by atoms with E-state index in [0.29, 0.717) is 24.9 Å². The SMILES string of the molecule is CCCCc1cn(-c2nnnn2CC)c(=O)n1CC1(c2cccc(-c3nnn[nH]3)c2)C=CNC=C1. The standard InChI is InChI=1S/C23H27N11O/c1-3-5-9-19-15-32(21-27-30-31-34(21)4-2)22(35)33(19)16-23(10-12-24-13-11-23)18-8-6-7-17(14-18)20-25-28-29-26-20/h6-8,10-15,24H,3-5,9,16H2,1-2H3,(H,25,26,28,29). The van der Waals surface area contributed by atoms with Crippen LogP contribution >= 0.6 is 0 Å². The highest BCUT2D eigenvalue weighted by Crippen LogP contribution is 2.33. The highest BCUT2D eigenvalue weighted by molar-refractivity contribution is 5.57. The van der Waals surface area contributed by atoms with Crippen LogP contribution in [0.5, 0.6) is 0 Å². The van der Waals surface area contributed by atoms with E-state index in [9.17, 15) is 4.79 Å². The second-order valence-corrected chi connectivity index (χ2v) is 8.46. The third-order valence-electron chi connectivity index (χ3n) is 6.27. The molecular weight excluding hydrogens is 446 g/mol. The zero-order chi connectivity index (χ0) is 24.3. The maximum absolute atomic E-state index is 13.7. The van der Waals surface area contributed by atoms with Gasteiger partial charge in [-0.2, -0.15) is 0 Å². The molecule has 0 bridgehead atoms. The first-order chi connectivity index (χ1) is 17.1. The molecule has 4 heterocycles. The van der Waals surface area contributed by atoms with Crippen LogP contribution in [0.1, 0.15) is 37.9 Å². The number of nitrogens with zero attached hydrogens (tertiary/aromatic N) is 9. The first-order valence-corrected chi connectivity index (χ1v) is 11.7. The van der Waals surface area contributed by atoms with Crippen LogP contribution < -0.4 is 11.0 Å². The number of aromatic nitrogens is 10. The summed E-state index contributed by atoms with van der Waals surface area (Å²) < 4.78 is 5.00. The molecule has 1 aliphatic heterocycles. The summed E-state index contributed by atoms with van der Waals surface area (Å²) in [6, 6.07) is 8.03. The van der Waals surface area contributed by atoms with Gasteiger partial charge in [-0.3, -0.25) is 4.57 Å². The molecule has 0 saturated carbocycles. The Labute approximate surface area is 201 Å². The van der Waals surface area contributed by atoms with Crippen LogP contribution in [0.25, 0.3) is 17.3 Å². The van der Waals surface area contributed by atoms with Gasteiger partial charge in [-0.15, -0.1) is 5.10 Å². The zero-order valence-electron chi connectivity index (χ0n) is 19.7. The second kappa shape index (κ2) is 9.49. The number of H-pyrrole nitrogens is 1. The number of hydrogen-bond donors (Lipinski definition) is 2. The van der Waals surface area contributed by atoms with E-state index in [0.717, 1.165) is 36.1 Å². The number of hydrogen-bond acceptors (Lipinski definition) is 8. The second-order valence-electron chi connectivity index (χ2n) is 8.46. The van der Waals surface area contributed by atoms with Crippen molar-refractivity contribution in [2.75, 3.05) is 0 Å². The summed E-state index contributed by atoms with van der Waals surface area (Å²) in [6.07, 6.45) is 12.6. The lowest BCUT2D eigenvalue weighted by Crippen LogP contribution is -2.36. The molecule has 1 aromatic carbocycles. The van der Waals surface area contributed by atoms with Crippen molar-refractivity contribution in [2.45, 2.75) is 51.6 Å². The van der Waals surface area contributed by atoms with Crippen LogP contribution in [-0.4, -0.2) is 50.0 Å². The van der Waals surface area contributed by atoms with Gasteiger partial charge in [0.05, 0.1) is 5.41 Å². The molecule has 0 saturated heterocycles. The lowest BCUT2D eigenvalue weighted by molar-refractivity contribution is 0.494. The van der Waals surface area contributed by atoms with Crippen molar-refractivity contribution >= 4 is 0 Å². The third kappa shape index (κ3) is 4.18. The average Bonchev–Trinajstić information content (AvgIpc) is 3.65. The molecule has 0 radical (unpaired) electrons. The van der Waals surface area contributed by atoms with Crippen molar-refractivity contribution < 1.29 is 0 Å². The van der Waals surface area contributed by atoms with Gasteiger partial charge in [0.25, 0.3) is 5.95 Å². The molecule has 12 heteroatoms. The fraction of sp³-hybridized carbons (Fsp3) is 0.348. The minimum Gasteiger partial charge on any atom is -0.368 e. The van der Waals surface area contributed by atoms with Gasteiger partial charge in [0.2, 0.25) is 0 Å². The highest BCUT2D eigenvalue weighted by atomic mass is 16.2. The Morgan fingerprint density at radius 1 is 1.09 bits per heavy atom. The van der Waals surface area contributed by atoms with Crippen LogP contribution in [0, 0.1) is 0 Å². The number of aromatic amines is 1. The average molecular weight is 474 g/mol. The van der Waals surface area contributed by atoms with E-state index >= 15 is 0 Å². The van der Waals surface area contributed by atoms with Crippen LogP contribution in [0.4, 0.5) is 0 Å². The number of benzene rings is 1. The number of dihydropyridines is 1. The molecule has 2 N–H and O–H groups in total. The molecule has 0 aliphatic carbocycles. The Kier molecular flexibility index (Phi) is 6.08. The summed E-state index contributed by atoms with van der Waals surface area (Å²) >= 11 is 0. The van der Waals surface area contributed by atoms with E-state index in [1.165, 1.54) is 0 Å². The van der Waals surface area contributed by atoms with Crippen molar-refractivity contribution in [1.29, 1.82) is 0 Å². The minimum absolute atomic E-state index is 0.170. The molecular formula is C23H27N11O. The number of nitrogens with one attached hydrogen (secondary N) is 2. The van der Waals surface area contributed by atoms with Crippen molar-refractivity contribution in [1.82, 2.24) is 55.3 Å².